The molecular weight excluding hydrogens is 314 g/mol. The highest BCUT2D eigenvalue weighted by Crippen LogP contribution is 2.24. The van der Waals surface area contributed by atoms with Crippen molar-refractivity contribution in [2.45, 2.75) is 33.1 Å². The van der Waals surface area contributed by atoms with Gasteiger partial charge in [0.1, 0.15) is 0 Å². The topological polar surface area (TPSA) is 55.4 Å². The van der Waals surface area contributed by atoms with Gasteiger partial charge in [0.05, 0.1) is 7.11 Å². The molecule has 0 atom stereocenters. The zero-order valence-electron chi connectivity index (χ0n) is 15.0. The van der Waals surface area contributed by atoms with Crippen molar-refractivity contribution in [2.75, 3.05) is 12.4 Å². The summed E-state index contributed by atoms with van der Waals surface area (Å²) in [5.41, 5.74) is 2.42. The van der Waals surface area contributed by atoms with Gasteiger partial charge >= 0.3 is 5.97 Å². The minimum Gasteiger partial charge on any atom is -0.469 e. The fraction of sp³-hybridized carbons (Fsp3) is 0.333. The number of rotatable bonds is 7. The molecule has 0 aliphatic rings. The average molecular weight is 339 g/mol. The van der Waals surface area contributed by atoms with Gasteiger partial charge in [0.15, 0.2) is 0 Å². The first-order valence-corrected chi connectivity index (χ1v) is 8.42. The first kappa shape index (κ1) is 18.7. The van der Waals surface area contributed by atoms with Crippen molar-refractivity contribution in [1.29, 1.82) is 0 Å². The number of carbonyl (C=O) groups is 2. The molecule has 0 unspecified atom stereocenters. The van der Waals surface area contributed by atoms with Crippen LogP contribution in [0.1, 0.15) is 31.4 Å². The van der Waals surface area contributed by atoms with E-state index in [0.717, 1.165) is 16.8 Å². The van der Waals surface area contributed by atoms with Crippen molar-refractivity contribution in [3.8, 4) is 0 Å². The monoisotopic (exact) mass is 339 g/mol. The van der Waals surface area contributed by atoms with Crippen molar-refractivity contribution in [1.82, 2.24) is 0 Å². The lowest BCUT2D eigenvalue weighted by molar-refractivity contribution is -0.140. The number of ether oxygens (including phenoxy) is 1. The van der Waals surface area contributed by atoms with Gasteiger partial charge in [-0.2, -0.15) is 0 Å². The van der Waals surface area contributed by atoms with Gasteiger partial charge in [-0.1, -0.05) is 56.3 Å². The molecule has 4 nitrogen and oxygen atoms in total. The zero-order valence-corrected chi connectivity index (χ0v) is 15.0. The number of hydrogen-bond acceptors (Lipinski definition) is 3. The molecule has 0 saturated heterocycles. The SMILES string of the molecule is COC(=O)CCc1ccc(NC(=O)C(C)(C)Cc2ccccc2)cc1. The number of hydrogen-bond donors (Lipinski definition) is 1. The maximum atomic E-state index is 12.6. The third kappa shape index (κ3) is 5.75. The molecule has 0 bridgehead atoms. The number of methoxy groups -OCH3 is 1. The molecule has 25 heavy (non-hydrogen) atoms. The third-order valence-electron chi connectivity index (χ3n) is 4.16. The molecule has 2 aromatic carbocycles. The summed E-state index contributed by atoms with van der Waals surface area (Å²) < 4.78 is 4.64. The van der Waals surface area contributed by atoms with Crippen LogP contribution in [-0.2, 0) is 27.2 Å². The number of amides is 1. The summed E-state index contributed by atoms with van der Waals surface area (Å²) in [7, 11) is 1.39. The highest BCUT2D eigenvalue weighted by atomic mass is 16.5. The van der Waals surface area contributed by atoms with E-state index in [0.29, 0.717) is 19.3 Å². The van der Waals surface area contributed by atoms with E-state index in [1.807, 2.05) is 68.4 Å². The van der Waals surface area contributed by atoms with Gasteiger partial charge in [-0.15, -0.1) is 0 Å². The fourth-order valence-electron chi connectivity index (χ4n) is 2.59. The molecule has 2 rings (SSSR count). The minimum atomic E-state index is -0.509. The molecule has 0 heterocycles. The van der Waals surface area contributed by atoms with Gasteiger partial charge in [0.25, 0.3) is 0 Å². The third-order valence-corrected chi connectivity index (χ3v) is 4.16. The number of anilines is 1. The second-order valence-corrected chi connectivity index (χ2v) is 6.77. The Labute approximate surface area is 149 Å². The first-order valence-electron chi connectivity index (χ1n) is 8.42. The molecule has 0 aliphatic carbocycles. The van der Waals surface area contributed by atoms with E-state index < -0.39 is 5.41 Å². The largest absolute Gasteiger partial charge is 0.469 e. The predicted molar refractivity (Wildman–Crippen MR) is 99.3 cm³/mol. The van der Waals surface area contributed by atoms with Crippen molar-refractivity contribution < 1.29 is 14.3 Å². The van der Waals surface area contributed by atoms with Gasteiger partial charge in [-0.3, -0.25) is 9.59 Å². The summed E-state index contributed by atoms with van der Waals surface area (Å²) in [5.74, 6) is -0.237. The van der Waals surface area contributed by atoms with Gasteiger partial charge in [0, 0.05) is 17.5 Å². The molecule has 1 amide bonds. The van der Waals surface area contributed by atoms with Crippen LogP contribution in [0.3, 0.4) is 0 Å². The molecule has 0 radical (unpaired) electrons. The lowest BCUT2D eigenvalue weighted by Crippen LogP contribution is -2.32. The second kappa shape index (κ2) is 8.47. The normalized spacial score (nSPS) is 11.0. The van der Waals surface area contributed by atoms with Crippen molar-refractivity contribution in [3.05, 3.63) is 65.7 Å². The maximum absolute atomic E-state index is 12.6. The molecule has 0 fully saturated rings. The summed E-state index contributed by atoms with van der Waals surface area (Å²) >= 11 is 0. The van der Waals surface area contributed by atoms with Crippen LogP contribution in [0.5, 0.6) is 0 Å². The van der Waals surface area contributed by atoms with E-state index in [1.54, 1.807) is 0 Å². The van der Waals surface area contributed by atoms with E-state index in [4.69, 9.17) is 0 Å². The summed E-state index contributed by atoms with van der Waals surface area (Å²) in [6, 6.07) is 17.6. The number of aryl methyl sites for hydroxylation is 1. The van der Waals surface area contributed by atoms with Crippen LogP contribution in [0.15, 0.2) is 54.6 Å². The van der Waals surface area contributed by atoms with Crippen molar-refractivity contribution in [3.63, 3.8) is 0 Å². The van der Waals surface area contributed by atoms with Gasteiger partial charge in [0.2, 0.25) is 5.91 Å². The Bertz CT molecular complexity index is 706. The Morgan fingerprint density at radius 1 is 0.960 bits per heavy atom. The van der Waals surface area contributed by atoms with Crippen LogP contribution < -0.4 is 5.32 Å². The van der Waals surface area contributed by atoms with Crippen molar-refractivity contribution >= 4 is 17.6 Å². The molecule has 0 spiro atoms. The predicted octanol–water partition coefficient (Wildman–Crippen LogP) is 4.00. The molecule has 0 aromatic heterocycles. The van der Waals surface area contributed by atoms with E-state index in [1.165, 1.54) is 7.11 Å². The van der Waals surface area contributed by atoms with Crippen LogP contribution >= 0.6 is 0 Å². The smallest absolute Gasteiger partial charge is 0.305 e. The Hall–Kier alpha value is -2.62. The number of esters is 1. The number of benzene rings is 2. The lowest BCUT2D eigenvalue weighted by Gasteiger charge is -2.23. The molecule has 1 N–H and O–H groups in total. The standard InChI is InChI=1S/C21H25NO3/c1-21(2,15-17-7-5-4-6-8-17)20(24)22-18-12-9-16(10-13-18)11-14-19(23)25-3/h4-10,12-13H,11,14-15H2,1-3H3,(H,22,24). The van der Waals surface area contributed by atoms with E-state index in [-0.39, 0.29) is 11.9 Å². The van der Waals surface area contributed by atoms with Gasteiger partial charge < -0.3 is 10.1 Å². The van der Waals surface area contributed by atoms with Crippen molar-refractivity contribution in [2.24, 2.45) is 5.41 Å². The van der Waals surface area contributed by atoms with Crippen LogP contribution in [0, 0.1) is 5.41 Å². The zero-order chi connectivity index (χ0) is 18.3. The Balaban J connectivity index is 1.94. The van der Waals surface area contributed by atoms with Crippen LogP contribution in [0.4, 0.5) is 5.69 Å². The molecule has 132 valence electrons. The summed E-state index contributed by atoms with van der Waals surface area (Å²) in [6.45, 7) is 3.89. The summed E-state index contributed by atoms with van der Waals surface area (Å²) in [4.78, 5) is 23.8. The van der Waals surface area contributed by atoms with E-state index in [9.17, 15) is 9.59 Å². The summed E-state index contributed by atoms with van der Waals surface area (Å²) in [5, 5.41) is 2.98. The maximum Gasteiger partial charge on any atom is 0.305 e. The fourth-order valence-corrected chi connectivity index (χ4v) is 2.59. The molecule has 4 heteroatoms. The molecule has 0 aliphatic heterocycles. The number of nitrogens with one attached hydrogen (secondary N) is 1. The van der Waals surface area contributed by atoms with E-state index >= 15 is 0 Å². The first-order chi connectivity index (χ1) is 11.9. The van der Waals surface area contributed by atoms with E-state index in [2.05, 4.69) is 10.1 Å². The van der Waals surface area contributed by atoms with Crippen LogP contribution in [-0.4, -0.2) is 19.0 Å². The Kier molecular flexibility index (Phi) is 6.34. The Morgan fingerprint density at radius 2 is 1.60 bits per heavy atom. The minimum absolute atomic E-state index is 0.0151. The Morgan fingerprint density at radius 3 is 2.20 bits per heavy atom. The van der Waals surface area contributed by atoms with Gasteiger partial charge in [-0.25, -0.2) is 0 Å². The molecular formula is C21H25NO3. The highest BCUT2D eigenvalue weighted by Gasteiger charge is 2.27. The molecule has 0 saturated carbocycles. The molecule has 2 aromatic rings. The summed E-state index contributed by atoms with van der Waals surface area (Å²) in [6.07, 6.45) is 1.66. The highest BCUT2D eigenvalue weighted by molar-refractivity contribution is 5.95. The average Bonchev–Trinajstić information content (AvgIpc) is 2.61. The van der Waals surface area contributed by atoms with Crippen LogP contribution in [0.25, 0.3) is 0 Å². The second-order valence-electron chi connectivity index (χ2n) is 6.77. The lowest BCUT2D eigenvalue weighted by atomic mass is 9.84. The van der Waals surface area contributed by atoms with Gasteiger partial charge in [-0.05, 0) is 36.1 Å². The number of carbonyl (C=O) groups excluding carboxylic acids is 2. The quantitative estimate of drug-likeness (QED) is 0.776. The van der Waals surface area contributed by atoms with Crippen LogP contribution in [0.2, 0.25) is 0 Å².